The second kappa shape index (κ2) is 10.6. The van der Waals surface area contributed by atoms with Gasteiger partial charge in [-0.3, -0.25) is 4.79 Å². The van der Waals surface area contributed by atoms with Crippen molar-refractivity contribution in [2.24, 2.45) is 16.6 Å². The topological polar surface area (TPSA) is 95.6 Å². The van der Waals surface area contributed by atoms with E-state index in [0.29, 0.717) is 19.6 Å². The van der Waals surface area contributed by atoms with Crippen molar-refractivity contribution in [2.45, 2.75) is 39.8 Å². The van der Waals surface area contributed by atoms with Crippen molar-refractivity contribution in [2.75, 3.05) is 24.5 Å². The van der Waals surface area contributed by atoms with Crippen LogP contribution in [0.1, 0.15) is 36.5 Å². The van der Waals surface area contributed by atoms with E-state index in [0.717, 1.165) is 43.3 Å². The van der Waals surface area contributed by atoms with Crippen LogP contribution >= 0.6 is 0 Å². The molecule has 1 aliphatic heterocycles. The molecule has 160 valence electrons. The first kappa shape index (κ1) is 21.6. The van der Waals surface area contributed by atoms with E-state index in [1.165, 1.54) is 11.1 Å². The van der Waals surface area contributed by atoms with E-state index < -0.39 is 0 Å². The second-order valence-electron chi connectivity index (χ2n) is 7.65. The SMILES string of the molecule is CCNC(=NCc1cccnc1N1CCCC(C(N)=O)C1)NCc1ccccc1C. The highest BCUT2D eigenvalue weighted by atomic mass is 16.1. The lowest BCUT2D eigenvalue weighted by Gasteiger charge is -2.33. The summed E-state index contributed by atoms with van der Waals surface area (Å²) >= 11 is 0. The van der Waals surface area contributed by atoms with Crippen LogP contribution in [0.15, 0.2) is 47.6 Å². The van der Waals surface area contributed by atoms with Gasteiger partial charge < -0.3 is 21.3 Å². The molecule has 0 bridgehead atoms. The minimum absolute atomic E-state index is 0.120. The zero-order valence-corrected chi connectivity index (χ0v) is 17.9. The first-order valence-corrected chi connectivity index (χ1v) is 10.6. The third-order valence-corrected chi connectivity index (χ3v) is 5.45. The molecule has 1 fully saturated rings. The van der Waals surface area contributed by atoms with Gasteiger partial charge in [0, 0.05) is 37.9 Å². The Morgan fingerprint density at radius 1 is 1.23 bits per heavy atom. The molecular formula is C23H32N6O. The Bertz CT molecular complexity index is 882. The number of pyridine rings is 1. The molecule has 4 N–H and O–H groups in total. The molecule has 1 saturated heterocycles. The standard InChI is InChI=1S/C23H32N6O/c1-3-25-23(27-14-18-9-5-4-8-17(18)2)28-15-19-10-6-12-26-22(19)29-13-7-11-20(16-29)21(24)30/h4-6,8-10,12,20H,3,7,11,13-16H2,1-2H3,(H2,24,30)(H2,25,27,28). The first-order chi connectivity index (χ1) is 14.6. The van der Waals surface area contributed by atoms with Gasteiger partial charge in [-0.25, -0.2) is 9.98 Å². The van der Waals surface area contributed by atoms with Crippen molar-refractivity contribution in [1.29, 1.82) is 0 Å². The van der Waals surface area contributed by atoms with Gasteiger partial charge in [0.1, 0.15) is 5.82 Å². The molecule has 3 rings (SSSR count). The summed E-state index contributed by atoms with van der Waals surface area (Å²) in [5.41, 5.74) is 9.08. The number of hydrogen-bond donors (Lipinski definition) is 3. The summed E-state index contributed by atoms with van der Waals surface area (Å²) in [6.45, 7) is 7.66. The van der Waals surface area contributed by atoms with Crippen LogP contribution in [0.5, 0.6) is 0 Å². The molecular weight excluding hydrogens is 376 g/mol. The van der Waals surface area contributed by atoms with E-state index in [1.807, 2.05) is 24.3 Å². The van der Waals surface area contributed by atoms with Gasteiger partial charge in [0.15, 0.2) is 5.96 Å². The fourth-order valence-electron chi connectivity index (χ4n) is 3.73. The van der Waals surface area contributed by atoms with Gasteiger partial charge >= 0.3 is 0 Å². The van der Waals surface area contributed by atoms with Gasteiger partial charge in [-0.05, 0) is 43.9 Å². The summed E-state index contributed by atoms with van der Waals surface area (Å²) in [6.07, 6.45) is 3.57. The number of benzene rings is 1. The van der Waals surface area contributed by atoms with E-state index in [2.05, 4.69) is 46.5 Å². The summed E-state index contributed by atoms with van der Waals surface area (Å²) in [5.74, 6) is 1.31. The Hall–Kier alpha value is -3.09. The van der Waals surface area contributed by atoms with Crippen molar-refractivity contribution >= 4 is 17.7 Å². The number of piperidine rings is 1. The van der Waals surface area contributed by atoms with Crippen LogP contribution in [0.3, 0.4) is 0 Å². The Morgan fingerprint density at radius 2 is 2.03 bits per heavy atom. The van der Waals surface area contributed by atoms with Crippen LogP contribution in [0.4, 0.5) is 5.82 Å². The maximum atomic E-state index is 11.7. The number of nitrogens with one attached hydrogen (secondary N) is 2. The Balaban J connectivity index is 1.71. The lowest BCUT2D eigenvalue weighted by molar-refractivity contribution is -0.122. The Labute approximate surface area is 178 Å². The number of aliphatic imine (C=N–C) groups is 1. The number of primary amides is 1. The summed E-state index contributed by atoms with van der Waals surface area (Å²) in [5, 5.41) is 6.72. The molecule has 1 aliphatic rings. The molecule has 0 spiro atoms. The second-order valence-corrected chi connectivity index (χ2v) is 7.65. The summed E-state index contributed by atoms with van der Waals surface area (Å²) in [4.78, 5) is 23.2. The number of anilines is 1. The highest BCUT2D eigenvalue weighted by Gasteiger charge is 2.25. The third kappa shape index (κ3) is 5.72. The number of rotatable bonds is 7. The van der Waals surface area contributed by atoms with Gasteiger partial charge in [-0.2, -0.15) is 0 Å². The van der Waals surface area contributed by atoms with Crippen LogP contribution in [0.2, 0.25) is 0 Å². The number of carbonyl (C=O) groups excluding carboxylic acids is 1. The van der Waals surface area contributed by atoms with Crippen LogP contribution < -0.4 is 21.3 Å². The van der Waals surface area contributed by atoms with Gasteiger partial charge in [0.05, 0.1) is 12.5 Å². The van der Waals surface area contributed by atoms with Crippen molar-refractivity contribution in [1.82, 2.24) is 15.6 Å². The third-order valence-electron chi connectivity index (χ3n) is 5.45. The zero-order valence-electron chi connectivity index (χ0n) is 17.9. The molecule has 7 heteroatoms. The maximum absolute atomic E-state index is 11.7. The largest absolute Gasteiger partial charge is 0.369 e. The number of guanidine groups is 1. The van der Waals surface area contributed by atoms with Crippen LogP contribution in [-0.4, -0.2) is 36.5 Å². The molecule has 30 heavy (non-hydrogen) atoms. The quantitative estimate of drug-likeness (QED) is 0.483. The number of aryl methyl sites for hydroxylation is 1. The monoisotopic (exact) mass is 408 g/mol. The number of hydrogen-bond acceptors (Lipinski definition) is 4. The van der Waals surface area contributed by atoms with E-state index in [9.17, 15) is 4.79 Å². The fraction of sp³-hybridized carbons (Fsp3) is 0.435. The van der Waals surface area contributed by atoms with E-state index >= 15 is 0 Å². The number of aromatic nitrogens is 1. The molecule has 1 aromatic carbocycles. The van der Waals surface area contributed by atoms with Crippen molar-refractivity contribution < 1.29 is 4.79 Å². The first-order valence-electron chi connectivity index (χ1n) is 10.6. The minimum atomic E-state index is -0.231. The molecule has 7 nitrogen and oxygen atoms in total. The van der Waals surface area contributed by atoms with Crippen LogP contribution in [0, 0.1) is 12.8 Å². The molecule has 0 aliphatic carbocycles. The van der Waals surface area contributed by atoms with E-state index in [4.69, 9.17) is 10.7 Å². The predicted molar refractivity (Wildman–Crippen MR) is 121 cm³/mol. The summed E-state index contributed by atoms with van der Waals surface area (Å²) in [6, 6.07) is 12.3. The lowest BCUT2D eigenvalue weighted by atomic mass is 9.97. The average Bonchev–Trinajstić information content (AvgIpc) is 2.77. The van der Waals surface area contributed by atoms with Crippen molar-refractivity contribution in [3.63, 3.8) is 0 Å². The molecule has 1 unspecified atom stereocenters. The minimum Gasteiger partial charge on any atom is -0.369 e. The maximum Gasteiger partial charge on any atom is 0.222 e. The molecule has 0 saturated carbocycles. The normalized spacial score (nSPS) is 16.9. The molecule has 2 heterocycles. The number of amides is 1. The van der Waals surface area contributed by atoms with Crippen LogP contribution in [0.25, 0.3) is 0 Å². The molecule has 1 atom stereocenters. The van der Waals surface area contributed by atoms with Gasteiger partial charge in [-0.1, -0.05) is 30.3 Å². The summed E-state index contributed by atoms with van der Waals surface area (Å²) < 4.78 is 0. The van der Waals surface area contributed by atoms with Gasteiger partial charge in [0.25, 0.3) is 0 Å². The Kier molecular flexibility index (Phi) is 7.65. The molecule has 1 amide bonds. The van der Waals surface area contributed by atoms with E-state index in [-0.39, 0.29) is 11.8 Å². The van der Waals surface area contributed by atoms with Crippen LogP contribution in [-0.2, 0) is 17.9 Å². The van der Waals surface area contributed by atoms with Gasteiger partial charge in [0.2, 0.25) is 5.91 Å². The Morgan fingerprint density at radius 3 is 2.80 bits per heavy atom. The van der Waals surface area contributed by atoms with Crippen molar-refractivity contribution in [3.8, 4) is 0 Å². The average molecular weight is 409 g/mol. The highest BCUT2D eigenvalue weighted by Crippen LogP contribution is 2.25. The lowest BCUT2D eigenvalue weighted by Crippen LogP contribution is -2.42. The zero-order chi connectivity index (χ0) is 21.3. The summed E-state index contributed by atoms with van der Waals surface area (Å²) in [7, 11) is 0. The van der Waals surface area contributed by atoms with E-state index in [1.54, 1.807) is 6.20 Å². The number of nitrogens with zero attached hydrogens (tertiary/aromatic N) is 3. The molecule has 2 aromatic rings. The predicted octanol–water partition coefficient (Wildman–Crippen LogP) is 2.35. The highest BCUT2D eigenvalue weighted by molar-refractivity contribution is 5.80. The molecule has 1 aromatic heterocycles. The number of nitrogens with two attached hydrogens (primary N) is 1. The van der Waals surface area contributed by atoms with Crippen molar-refractivity contribution in [3.05, 3.63) is 59.3 Å². The smallest absolute Gasteiger partial charge is 0.222 e. The van der Waals surface area contributed by atoms with Gasteiger partial charge in [-0.15, -0.1) is 0 Å². The fourth-order valence-corrected chi connectivity index (χ4v) is 3.73. The molecule has 0 radical (unpaired) electrons. The number of carbonyl (C=O) groups is 1.